The average Bonchev–Trinajstić information content (AvgIpc) is 2.00. The van der Waals surface area contributed by atoms with Crippen molar-refractivity contribution < 1.29 is 8.78 Å². The Labute approximate surface area is 80.1 Å². The number of hydrogen-bond donors (Lipinski definition) is 2. The van der Waals surface area contributed by atoms with Gasteiger partial charge in [0.1, 0.15) is 9.39 Å². The first-order valence-electron chi connectivity index (χ1n) is 2.98. The van der Waals surface area contributed by atoms with Gasteiger partial charge < -0.3 is 10.7 Å². The minimum atomic E-state index is -2.78. The second-order valence-electron chi connectivity index (χ2n) is 2.10. The first-order chi connectivity index (χ1) is 5.54. The molecule has 0 atom stereocenters. The molecule has 0 saturated carbocycles. The van der Waals surface area contributed by atoms with Crippen LogP contribution in [0.25, 0.3) is 0 Å². The van der Waals surface area contributed by atoms with Crippen LogP contribution >= 0.6 is 22.6 Å². The fourth-order valence-electron chi connectivity index (χ4n) is 0.702. The summed E-state index contributed by atoms with van der Waals surface area (Å²) in [5.74, 6) is 0. The Morgan fingerprint density at radius 3 is 2.67 bits per heavy atom. The summed E-state index contributed by atoms with van der Waals surface area (Å²) in [6, 6.07) is 0. The molecule has 0 bridgehead atoms. The van der Waals surface area contributed by atoms with E-state index in [9.17, 15) is 13.6 Å². The Kier molecular flexibility index (Phi) is 2.65. The maximum atomic E-state index is 12.1. The molecule has 0 unspecified atom stereocenters. The lowest BCUT2D eigenvalue weighted by atomic mass is 10.2. The van der Waals surface area contributed by atoms with Gasteiger partial charge >= 0.3 is 0 Å². The molecule has 1 aromatic rings. The summed E-state index contributed by atoms with van der Waals surface area (Å²) < 4.78 is 24.5. The Bertz CT molecular complexity index is 350. The van der Waals surface area contributed by atoms with Gasteiger partial charge in [-0.2, -0.15) is 0 Å². The molecule has 6 heteroatoms. The predicted octanol–water partition coefficient (Wildman–Crippen LogP) is 1.50. The largest absolute Gasteiger partial charge is 0.393 e. The number of H-pyrrole nitrogens is 1. The minimum absolute atomic E-state index is 0.159. The second-order valence-corrected chi connectivity index (χ2v) is 3.18. The lowest BCUT2D eigenvalue weighted by Gasteiger charge is -2.01. The number of rotatable bonds is 1. The molecule has 1 rings (SSSR count). The van der Waals surface area contributed by atoms with Gasteiger partial charge in [0.2, 0.25) is 5.43 Å². The molecule has 0 aliphatic heterocycles. The first-order valence-corrected chi connectivity index (χ1v) is 4.06. The predicted molar refractivity (Wildman–Crippen MR) is 49.1 cm³/mol. The molecule has 1 heterocycles. The molecule has 66 valence electrons. The molecule has 0 aliphatic carbocycles. The summed E-state index contributed by atoms with van der Waals surface area (Å²) in [4.78, 5) is 13.5. The fraction of sp³-hybridized carbons (Fsp3) is 0.167. The van der Waals surface area contributed by atoms with E-state index in [1.54, 1.807) is 22.6 Å². The van der Waals surface area contributed by atoms with Gasteiger partial charge in [-0.1, -0.05) is 0 Å². The van der Waals surface area contributed by atoms with E-state index in [4.69, 9.17) is 5.73 Å². The summed E-state index contributed by atoms with van der Waals surface area (Å²) >= 11 is 1.76. The smallest absolute Gasteiger partial charge is 0.269 e. The molecule has 12 heavy (non-hydrogen) atoms. The third-order valence-corrected chi connectivity index (χ3v) is 2.23. The van der Waals surface area contributed by atoms with E-state index in [-0.39, 0.29) is 5.69 Å². The van der Waals surface area contributed by atoms with E-state index in [2.05, 4.69) is 4.98 Å². The van der Waals surface area contributed by atoms with Crippen molar-refractivity contribution in [2.75, 3.05) is 5.73 Å². The highest BCUT2D eigenvalue weighted by atomic mass is 127. The molecule has 3 nitrogen and oxygen atoms in total. The highest BCUT2D eigenvalue weighted by molar-refractivity contribution is 14.1. The Morgan fingerprint density at radius 1 is 1.58 bits per heavy atom. The van der Waals surface area contributed by atoms with E-state index >= 15 is 0 Å². The topological polar surface area (TPSA) is 58.9 Å². The van der Waals surface area contributed by atoms with E-state index in [0.717, 1.165) is 6.20 Å². The highest BCUT2D eigenvalue weighted by Gasteiger charge is 2.14. The zero-order valence-electron chi connectivity index (χ0n) is 5.77. The van der Waals surface area contributed by atoms with Crippen molar-refractivity contribution in [2.24, 2.45) is 0 Å². The summed E-state index contributed by atoms with van der Waals surface area (Å²) in [5.41, 5.74) is 3.69. The average molecular weight is 286 g/mol. The van der Waals surface area contributed by atoms with Crippen molar-refractivity contribution in [1.29, 1.82) is 0 Å². The molecular formula is C6H5F2IN2O. The molecule has 0 aromatic carbocycles. The van der Waals surface area contributed by atoms with Gasteiger partial charge in [0.15, 0.2) is 0 Å². The molecule has 0 amide bonds. The number of nitrogens with two attached hydrogens (primary N) is 1. The Hall–Kier alpha value is -0.660. The summed E-state index contributed by atoms with van der Waals surface area (Å²) in [7, 11) is 0. The van der Waals surface area contributed by atoms with Crippen molar-refractivity contribution in [2.45, 2.75) is 6.43 Å². The molecule has 0 aliphatic rings. The maximum absolute atomic E-state index is 12.1. The standard InChI is InChI=1S/C6H5F2IN2O/c7-5(8)2-1-11-6(9)3(10)4(2)12/h1,5H,10H2,(H,11,12). The van der Waals surface area contributed by atoms with Crippen molar-refractivity contribution >= 4 is 28.3 Å². The third kappa shape index (κ3) is 1.57. The van der Waals surface area contributed by atoms with Crippen LogP contribution in [0.2, 0.25) is 0 Å². The number of nitrogen functional groups attached to an aromatic ring is 1. The molecule has 0 radical (unpaired) electrons. The van der Waals surface area contributed by atoms with Gasteiger partial charge in [0, 0.05) is 6.20 Å². The number of aromatic amines is 1. The number of alkyl halides is 2. The van der Waals surface area contributed by atoms with Crippen LogP contribution in [0.15, 0.2) is 11.0 Å². The number of hydrogen-bond acceptors (Lipinski definition) is 2. The summed E-state index contributed by atoms with van der Waals surface area (Å²) in [5, 5.41) is 0. The van der Waals surface area contributed by atoms with E-state index in [1.165, 1.54) is 0 Å². The maximum Gasteiger partial charge on any atom is 0.269 e. The first kappa shape index (κ1) is 9.43. The van der Waals surface area contributed by atoms with Crippen LogP contribution in [0.4, 0.5) is 14.5 Å². The molecule has 3 N–H and O–H groups in total. The number of aromatic nitrogens is 1. The minimum Gasteiger partial charge on any atom is -0.393 e. The lowest BCUT2D eigenvalue weighted by Crippen LogP contribution is -2.16. The zero-order valence-corrected chi connectivity index (χ0v) is 7.93. The van der Waals surface area contributed by atoms with Crippen LogP contribution in [-0.4, -0.2) is 4.98 Å². The van der Waals surface area contributed by atoms with Crippen molar-refractivity contribution in [3.05, 3.63) is 25.7 Å². The number of pyridine rings is 1. The summed E-state index contributed by atoms with van der Waals surface area (Å²) in [6.07, 6.45) is -1.81. The number of anilines is 1. The molecular weight excluding hydrogens is 281 g/mol. The van der Waals surface area contributed by atoms with Crippen molar-refractivity contribution in [3.8, 4) is 0 Å². The monoisotopic (exact) mass is 286 g/mol. The highest BCUT2D eigenvalue weighted by Crippen LogP contribution is 2.16. The molecule has 0 saturated heterocycles. The van der Waals surface area contributed by atoms with Gasteiger partial charge in [0.05, 0.1) is 5.56 Å². The van der Waals surface area contributed by atoms with Gasteiger partial charge in [-0.25, -0.2) is 8.78 Å². The van der Waals surface area contributed by atoms with Crippen LogP contribution in [0, 0.1) is 3.70 Å². The Balaban J connectivity index is 3.37. The van der Waals surface area contributed by atoms with Crippen LogP contribution in [0.5, 0.6) is 0 Å². The fourth-order valence-corrected chi connectivity index (χ4v) is 1.10. The summed E-state index contributed by atoms with van der Waals surface area (Å²) in [6.45, 7) is 0. The van der Waals surface area contributed by atoms with Gasteiger partial charge in [-0.3, -0.25) is 4.79 Å². The van der Waals surface area contributed by atoms with Crippen LogP contribution in [0.3, 0.4) is 0 Å². The van der Waals surface area contributed by atoms with Crippen LogP contribution < -0.4 is 11.2 Å². The van der Waals surface area contributed by atoms with E-state index in [1.807, 2.05) is 0 Å². The van der Waals surface area contributed by atoms with Gasteiger partial charge in [0.25, 0.3) is 6.43 Å². The second kappa shape index (κ2) is 3.38. The zero-order chi connectivity index (χ0) is 9.30. The van der Waals surface area contributed by atoms with Gasteiger partial charge in [-0.05, 0) is 22.6 Å². The van der Waals surface area contributed by atoms with Crippen molar-refractivity contribution in [3.63, 3.8) is 0 Å². The van der Waals surface area contributed by atoms with Crippen LogP contribution in [-0.2, 0) is 0 Å². The number of halogens is 3. The van der Waals surface area contributed by atoms with E-state index in [0.29, 0.717) is 3.70 Å². The molecule has 0 fully saturated rings. The van der Waals surface area contributed by atoms with E-state index < -0.39 is 17.4 Å². The van der Waals surface area contributed by atoms with Gasteiger partial charge in [-0.15, -0.1) is 0 Å². The lowest BCUT2D eigenvalue weighted by molar-refractivity contribution is 0.150. The van der Waals surface area contributed by atoms with Crippen molar-refractivity contribution in [1.82, 2.24) is 4.98 Å². The number of nitrogens with one attached hydrogen (secondary N) is 1. The quantitative estimate of drug-likeness (QED) is 0.607. The normalized spacial score (nSPS) is 10.7. The Morgan fingerprint density at radius 2 is 2.17 bits per heavy atom. The third-order valence-electron chi connectivity index (χ3n) is 1.33. The molecule has 0 spiro atoms. The molecule has 1 aromatic heterocycles. The SMILES string of the molecule is Nc1c(I)[nH]cc(C(F)F)c1=O. The van der Waals surface area contributed by atoms with Crippen LogP contribution in [0.1, 0.15) is 12.0 Å².